The maximum Gasteiger partial charge on any atom is 0.415 e. The Kier molecular flexibility index (Phi) is 6.01. The van der Waals surface area contributed by atoms with Crippen molar-refractivity contribution < 1.29 is 14.3 Å². The van der Waals surface area contributed by atoms with Crippen molar-refractivity contribution in [1.29, 1.82) is 0 Å². The number of nitrogens with zero attached hydrogens (tertiary/aromatic N) is 6. The molecule has 7 rings (SSSR count). The van der Waals surface area contributed by atoms with Crippen molar-refractivity contribution >= 4 is 35.2 Å². The minimum Gasteiger partial charge on any atom is -0.440 e. The van der Waals surface area contributed by atoms with Crippen LogP contribution < -0.4 is 10.6 Å². The van der Waals surface area contributed by atoms with E-state index in [2.05, 4.69) is 31.8 Å². The second-order valence-electron chi connectivity index (χ2n) is 12.4. The summed E-state index contributed by atoms with van der Waals surface area (Å²) in [6.45, 7) is 6.51. The highest BCUT2D eigenvalue weighted by Crippen LogP contribution is 2.70. The van der Waals surface area contributed by atoms with Crippen molar-refractivity contribution in [2.45, 2.75) is 82.0 Å². The maximum atomic E-state index is 13.1. The van der Waals surface area contributed by atoms with E-state index in [1.165, 1.54) is 6.42 Å². The Balaban J connectivity index is 1.09. The van der Waals surface area contributed by atoms with Crippen molar-refractivity contribution in [2.24, 2.45) is 10.4 Å². The zero-order chi connectivity index (χ0) is 28.5. The second kappa shape index (κ2) is 9.40. The number of allylic oxidation sites excluding steroid dienone is 2. The fourth-order valence-corrected chi connectivity index (χ4v) is 7.86. The maximum absolute atomic E-state index is 13.1. The molecule has 3 saturated carbocycles. The number of anilines is 1. The van der Waals surface area contributed by atoms with Gasteiger partial charge in [-0.15, -0.1) is 0 Å². The number of aliphatic imine (C=N–C) groups is 1. The summed E-state index contributed by atoms with van der Waals surface area (Å²) in [6.07, 6.45) is 13.5. The third kappa shape index (κ3) is 3.77. The van der Waals surface area contributed by atoms with E-state index in [0.717, 1.165) is 56.0 Å². The first-order chi connectivity index (χ1) is 19.8. The molecule has 3 aliphatic carbocycles. The summed E-state index contributed by atoms with van der Waals surface area (Å²) in [5.41, 5.74) is 1.59. The van der Waals surface area contributed by atoms with Crippen LogP contribution in [0, 0.1) is 5.41 Å². The van der Waals surface area contributed by atoms with Gasteiger partial charge in [-0.1, -0.05) is 25.8 Å². The Bertz CT molecular complexity index is 1500. The first kappa shape index (κ1) is 26.2. The van der Waals surface area contributed by atoms with E-state index in [0.29, 0.717) is 41.8 Å². The van der Waals surface area contributed by atoms with E-state index < -0.39 is 5.60 Å². The summed E-state index contributed by atoms with van der Waals surface area (Å²) in [4.78, 5) is 43.0. The summed E-state index contributed by atoms with van der Waals surface area (Å²) >= 11 is 0. The lowest BCUT2D eigenvalue weighted by Crippen LogP contribution is -2.91. The van der Waals surface area contributed by atoms with E-state index in [1.54, 1.807) is 36.3 Å². The quantitative estimate of drug-likeness (QED) is 0.489. The Morgan fingerprint density at radius 1 is 1.27 bits per heavy atom. The van der Waals surface area contributed by atoms with Crippen LogP contribution in [0.15, 0.2) is 41.4 Å². The molecule has 4 unspecified atom stereocenters. The smallest absolute Gasteiger partial charge is 0.415 e. The number of fused-ring (bicyclic) bond motifs is 1. The predicted molar refractivity (Wildman–Crippen MR) is 156 cm³/mol. The molecule has 11 nitrogen and oxygen atoms in total. The zero-order valence-electron chi connectivity index (χ0n) is 24.0. The fraction of sp³-hybridized carbons (Fsp3) is 0.567. The standard InChI is InChI=1S/C30H38N8O3/c1-5-24(31-15-18(2)37-17-29(41-28(37)40)14-23-30(29)12-11-22(30)33-23)34-27-32-16-19-13-21(26(39)36(3)4)38(25(19)35-27)20-9-7-6-8-10-20/h5,13,15-16,20,22-23,33H,2,6-12,14,17H2,1,3-4H3,(H,32,34,35)/b24-5+,31-15-. The number of ether oxygens (including phenoxy) is 1. The first-order valence-electron chi connectivity index (χ1n) is 14.8. The number of carbonyl (C=O) groups is 2. The highest BCUT2D eigenvalue weighted by atomic mass is 16.6. The lowest BCUT2D eigenvalue weighted by molar-refractivity contribution is -0.285. The molecule has 2 aliphatic heterocycles. The van der Waals surface area contributed by atoms with E-state index >= 15 is 0 Å². The van der Waals surface area contributed by atoms with Gasteiger partial charge >= 0.3 is 6.09 Å². The summed E-state index contributed by atoms with van der Waals surface area (Å²) in [5.74, 6) is 0.874. The highest BCUT2D eigenvalue weighted by molar-refractivity contribution is 5.98. The number of aromatic nitrogens is 3. The van der Waals surface area contributed by atoms with Gasteiger partial charge < -0.3 is 24.8 Å². The average molecular weight is 559 g/mol. The molecule has 41 heavy (non-hydrogen) atoms. The second-order valence-corrected chi connectivity index (χ2v) is 12.4. The largest absolute Gasteiger partial charge is 0.440 e. The normalized spacial score (nSPS) is 30.9. The molecule has 5 aliphatic rings. The summed E-state index contributed by atoms with van der Waals surface area (Å²) in [6, 6.07) is 3.07. The number of rotatable bonds is 7. The molecular weight excluding hydrogens is 520 g/mol. The molecule has 2 N–H and O–H groups in total. The van der Waals surface area contributed by atoms with Crippen molar-refractivity contribution in [3.8, 4) is 0 Å². The van der Waals surface area contributed by atoms with E-state index in [-0.39, 0.29) is 23.5 Å². The minimum absolute atomic E-state index is 0.0408. The SMILES string of the molecule is C=C(/C=N\C(=C/C)Nc1ncc2cc(C(=O)N(C)C)n(C3CCCCC3)c2n1)N1CC2(CC3NC4CCC432)OC1=O. The fourth-order valence-electron chi connectivity index (χ4n) is 7.86. The summed E-state index contributed by atoms with van der Waals surface area (Å²) in [7, 11) is 3.54. The molecule has 2 aromatic rings. The van der Waals surface area contributed by atoms with Crippen LogP contribution in [-0.4, -0.2) is 80.9 Å². The molecule has 2 saturated heterocycles. The Hall–Kier alpha value is -3.73. The Labute approximate surface area is 239 Å². The van der Waals surface area contributed by atoms with Gasteiger partial charge in [0.25, 0.3) is 5.91 Å². The average Bonchev–Trinajstić information content (AvgIpc) is 3.51. The lowest BCUT2D eigenvalue weighted by atomic mass is 9.37. The van der Waals surface area contributed by atoms with Crippen LogP contribution in [0.2, 0.25) is 0 Å². The zero-order valence-corrected chi connectivity index (χ0v) is 24.0. The molecule has 2 spiro atoms. The van der Waals surface area contributed by atoms with Gasteiger partial charge in [-0.25, -0.2) is 14.8 Å². The van der Waals surface area contributed by atoms with E-state index in [9.17, 15) is 9.59 Å². The number of amides is 2. The molecule has 0 bridgehead atoms. The molecule has 216 valence electrons. The molecule has 4 atom stereocenters. The topological polar surface area (TPSA) is 117 Å². The summed E-state index contributed by atoms with van der Waals surface area (Å²) in [5, 5.41) is 7.62. The van der Waals surface area contributed by atoms with Gasteiger partial charge in [0.05, 0.1) is 18.5 Å². The number of hydrogen-bond acceptors (Lipinski definition) is 8. The number of hydrogen-bond donors (Lipinski definition) is 2. The molecule has 0 aromatic carbocycles. The number of carbonyl (C=O) groups excluding carboxylic acids is 2. The van der Waals surface area contributed by atoms with Crippen LogP contribution >= 0.6 is 0 Å². The van der Waals surface area contributed by atoms with Gasteiger partial charge in [0.1, 0.15) is 22.8 Å². The number of piperidine rings is 2. The van der Waals surface area contributed by atoms with Crippen molar-refractivity contribution in [3.05, 3.63) is 42.1 Å². The van der Waals surface area contributed by atoms with E-state index in [4.69, 9.17) is 9.72 Å². The van der Waals surface area contributed by atoms with Crippen molar-refractivity contribution in [3.63, 3.8) is 0 Å². The van der Waals surface area contributed by atoms with Gasteiger partial charge in [0.15, 0.2) is 0 Å². The van der Waals surface area contributed by atoms with Gasteiger partial charge in [0, 0.05) is 55.6 Å². The highest BCUT2D eigenvalue weighted by Gasteiger charge is 2.82. The predicted octanol–water partition coefficient (Wildman–Crippen LogP) is 4.21. The molecule has 11 heteroatoms. The minimum atomic E-state index is -0.398. The summed E-state index contributed by atoms with van der Waals surface area (Å²) < 4.78 is 8.09. The first-order valence-corrected chi connectivity index (χ1v) is 14.8. The van der Waals surface area contributed by atoms with Gasteiger partial charge in [-0.2, -0.15) is 4.98 Å². The number of nitrogens with one attached hydrogen (secondary N) is 2. The van der Waals surface area contributed by atoms with Gasteiger partial charge in [-0.05, 0) is 44.7 Å². The van der Waals surface area contributed by atoms with E-state index in [1.807, 2.05) is 19.1 Å². The van der Waals surface area contributed by atoms with Gasteiger partial charge in [-0.3, -0.25) is 9.69 Å². The third-order valence-corrected chi connectivity index (χ3v) is 10.1. The molecule has 0 radical (unpaired) electrons. The van der Waals surface area contributed by atoms with Crippen LogP contribution in [0.4, 0.5) is 10.7 Å². The lowest BCUT2D eigenvalue weighted by Gasteiger charge is -2.77. The van der Waals surface area contributed by atoms with Crippen LogP contribution in [0.3, 0.4) is 0 Å². The molecule has 2 aromatic heterocycles. The molecule has 5 fully saturated rings. The van der Waals surface area contributed by atoms with Crippen LogP contribution in [0.25, 0.3) is 11.0 Å². The van der Waals surface area contributed by atoms with Gasteiger partial charge in [0.2, 0.25) is 5.95 Å². The molecular formula is C30H38N8O3. The molecule has 4 heterocycles. The third-order valence-electron chi connectivity index (χ3n) is 10.1. The van der Waals surface area contributed by atoms with Crippen molar-refractivity contribution in [1.82, 2.24) is 29.7 Å². The van der Waals surface area contributed by atoms with Crippen LogP contribution in [-0.2, 0) is 4.74 Å². The Morgan fingerprint density at radius 3 is 2.73 bits per heavy atom. The van der Waals surface area contributed by atoms with Crippen molar-refractivity contribution in [2.75, 3.05) is 26.0 Å². The monoisotopic (exact) mass is 558 g/mol. The molecule has 2 amide bonds. The Morgan fingerprint density at radius 2 is 2.07 bits per heavy atom. The van der Waals surface area contributed by atoms with Crippen LogP contribution in [0.1, 0.15) is 74.8 Å². The van der Waals surface area contributed by atoms with Crippen LogP contribution in [0.5, 0.6) is 0 Å².